The number of nitrogens with zero attached hydrogens (tertiary/aromatic N) is 24. The first-order valence-electron chi connectivity index (χ1n) is 47.8. The highest BCUT2D eigenvalue weighted by atomic mass is 19.1. The fraction of sp³-hybridized carbons (Fsp3) is 0.455. The molecule has 0 aliphatic carbocycles. The van der Waals surface area contributed by atoms with Crippen LogP contribution in [0.5, 0.6) is 5.88 Å². The third kappa shape index (κ3) is 17.0. The van der Waals surface area contributed by atoms with Gasteiger partial charge in [0.1, 0.15) is 11.6 Å². The molecule has 2 atom stereocenters. The first-order valence-corrected chi connectivity index (χ1v) is 47.8. The number of carbonyl (C=O) groups is 4. The quantitative estimate of drug-likeness (QED) is 0.104. The van der Waals surface area contributed by atoms with Gasteiger partial charge in [-0.15, -0.1) is 0 Å². The minimum Gasteiger partial charge on any atom is -0.481 e. The maximum absolute atomic E-state index is 15.4. The highest BCUT2D eigenvalue weighted by Gasteiger charge is 2.42. The van der Waals surface area contributed by atoms with Crippen molar-refractivity contribution in [3.8, 4) is 56.5 Å². The van der Waals surface area contributed by atoms with Gasteiger partial charge in [-0.25, -0.2) is 13.8 Å². The van der Waals surface area contributed by atoms with Gasteiger partial charge in [-0.1, -0.05) is 6.07 Å². The summed E-state index contributed by atoms with van der Waals surface area (Å²) in [5, 5.41) is 43.1. The number of nitriles is 1. The molecule has 706 valence electrons. The Kier molecular flexibility index (Phi) is 24.5. The highest BCUT2D eigenvalue weighted by molar-refractivity contribution is 5.83. The molecule has 0 N–H and O–H groups in total. The molecular weight excluding hydrogens is 1730 g/mol. The first kappa shape index (κ1) is 89.1. The number of carbonyl (C=O) groups excluding carboxylic acids is 4. The summed E-state index contributed by atoms with van der Waals surface area (Å²) < 4.78 is 71.9. The van der Waals surface area contributed by atoms with Crippen molar-refractivity contribution in [1.29, 1.82) is 5.26 Å². The average Bonchev–Trinajstić information content (AvgIpc) is 1.60. The van der Waals surface area contributed by atoms with Crippen LogP contribution in [-0.2, 0) is 137 Å². The second-order valence-corrected chi connectivity index (χ2v) is 37.7. The third-order valence-corrected chi connectivity index (χ3v) is 29.1. The Labute approximate surface area is 787 Å². The van der Waals surface area contributed by atoms with E-state index in [-0.39, 0.29) is 53.4 Å². The lowest BCUT2D eigenvalue weighted by Gasteiger charge is -2.33. The number of benzene rings is 4. The molecule has 12 aliphatic rings. The van der Waals surface area contributed by atoms with Crippen molar-refractivity contribution in [3.63, 3.8) is 0 Å². The van der Waals surface area contributed by atoms with Gasteiger partial charge < -0.3 is 62.9 Å². The maximum atomic E-state index is 15.4. The van der Waals surface area contributed by atoms with Gasteiger partial charge in [-0.3, -0.25) is 52.0 Å². The van der Waals surface area contributed by atoms with Gasteiger partial charge in [0.15, 0.2) is 23.3 Å². The Bertz CT molecular complexity index is 6670. The molecule has 33 nitrogen and oxygen atoms in total. The molecule has 0 radical (unpaired) electrons. The minimum atomic E-state index is -0.264. The van der Waals surface area contributed by atoms with Gasteiger partial charge in [-0.2, -0.15) is 41.0 Å². The number of hydrogen-bond acceptors (Lipinski definition) is 22. The lowest BCUT2D eigenvalue weighted by Crippen LogP contribution is -2.37. The Morgan fingerprint density at radius 1 is 0.397 bits per heavy atom. The Balaban J connectivity index is 0.000000108. The third-order valence-electron chi connectivity index (χ3n) is 29.1. The zero-order chi connectivity index (χ0) is 93.4. The SMILES string of the molecule is CC(=O)N1CCc2c(c(N3CCCc4cc(-c5cnn(C)c5)c(C#N)cc43)nn2[C@H]2CCOC2)C1.CC(=O)N1CCc2c(c(N3CCCc4cc(-c5cnn(C)c5)c(F)cc43)nn2C2COC2)C1.CC(=O)N1CCc2c(c(N3CCCc4cc(-c5cnn(C)c5)c(F)cc43)nn2[C@H]2CCOC2)C1.COc1cc(-c2ccc3c(c2)CCCN3c2nn(C3COC3)c3c2CN(C(C)=O)CC3)ccn1. The predicted molar refractivity (Wildman–Crippen MR) is 505 cm³/mol. The molecule has 4 saturated heterocycles. The summed E-state index contributed by atoms with van der Waals surface area (Å²) in [6, 6.07) is 25.3. The normalized spacial score (nSPS) is 18.8. The van der Waals surface area contributed by atoms with E-state index in [0.29, 0.717) is 114 Å². The van der Waals surface area contributed by atoms with Gasteiger partial charge in [-0.05, 0) is 152 Å². The summed E-state index contributed by atoms with van der Waals surface area (Å²) in [6.45, 7) is 20.5. The standard InChI is InChI=1S/C26H29N7O2.C26H29N5O3.C25H29FN6O2.C24H27FN6O2/c1-17(34)31-8-5-24-23(15-31)26(29-33(24)21-6-9-35-16-21)32-7-3-4-18-10-22(19(12-27)11-25(18)32)20-13-28-30(2)14-20;1-17(32)29-11-8-24-22(14-29)26(28-31(24)21-15-34-16-21)30-10-3-4-20-12-18(5-6-23(20)30)19-7-9-27-25(13-19)33-2;1-16(33)30-8-5-23-21(14-30)25(28-32(23)19-6-9-34-15-19)31-7-3-4-17-10-20(22(26)11-24(17)31)18-12-27-29(2)13-18;1-15(32)29-7-5-22-20(12-29)24(27-31(22)18-13-33-14-18)30-6-3-4-16-8-19(21(25)9-23(16)30)17-10-26-28(2)11-17/h10-11,13-14,21H,3-9,15-16H2,1-2H3;5-7,9,12-13,21H,3-4,8,10-11,14-16H2,1-2H3;10-13,19H,3-9,14-15H2,1-2H3;8-11,18H,3-7,12-14H2,1-2H3/t21-;;19-;/m0.0./s1. The maximum Gasteiger partial charge on any atom is 0.219 e. The van der Waals surface area contributed by atoms with Crippen LogP contribution in [0.4, 0.5) is 54.8 Å². The van der Waals surface area contributed by atoms with E-state index in [1.807, 2.05) is 89.7 Å². The lowest BCUT2D eigenvalue weighted by atomic mass is 9.93. The first-order chi connectivity index (χ1) is 66.1. The van der Waals surface area contributed by atoms with Crippen molar-refractivity contribution in [2.75, 3.05) is 132 Å². The molecule has 8 aromatic heterocycles. The number of fused-ring (bicyclic) bond motifs is 8. The summed E-state index contributed by atoms with van der Waals surface area (Å²) in [5.74, 6) is 4.03. The molecule has 12 aromatic rings. The average molecular weight is 1850 g/mol. The summed E-state index contributed by atoms with van der Waals surface area (Å²) in [4.78, 5) is 69.5. The molecule has 4 amide bonds. The molecule has 0 spiro atoms. The number of pyridine rings is 1. The molecule has 12 aliphatic heterocycles. The summed E-state index contributed by atoms with van der Waals surface area (Å²) in [6.07, 6.45) is 25.4. The van der Waals surface area contributed by atoms with Crippen molar-refractivity contribution in [2.45, 2.75) is 168 Å². The second kappa shape index (κ2) is 37.3. The van der Waals surface area contributed by atoms with Crippen molar-refractivity contribution in [1.82, 2.24) is 93.0 Å². The largest absolute Gasteiger partial charge is 0.481 e. The summed E-state index contributed by atoms with van der Waals surface area (Å²) >= 11 is 0. The molecule has 0 bridgehead atoms. The number of aromatic nitrogens is 15. The zero-order valence-corrected chi connectivity index (χ0v) is 78.4. The van der Waals surface area contributed by atoms with E-state index in [4.69, 9.17) is 44.1 Å². The van der Waals surface area contributed by atoms with Crippen LogP contribution in [0.2, 0.25) is 0 Å². The Morgan fingerprint density at radius 2 is 0.743 bits per heavy atom. The van der Waals surface area contributed by atoms with E-state index in [1.165, 1.54) is 45.2 Å². The van der Waals surface area contributed by atoms with Crippen molar-refractivity contribution >= 4 is 69.6 Å². The number of hydrogen-bond donors (Lipinski definition) is 0. The fourth-order valence-electron chi connectivity index (χ4n) is 21.7. The Hall–Kier alpha value is -13.4. The van der Waals surface area contributed by atoms with E-state index < -0.39 is 0 Å². The van der Waals surface area contributed by atoms with Crippen LogP contribution in [0.3, 0.4) is 0 Å². The van der Waals surface area contributed by atoms with E-state index in [2.05, 4.69) is 88.9 Å². The fourth-order valence-corrected chi connectivity index (χ4v) is 21.7. The van der Waals surface area contributed by atoms with Crippen LogP contribution in [0.1, 0.15) is 163 Å². The second-order valence-electron chi connectivity index (χ2n) is 37.7. The van der Waals surface area contributed by atoms with Gasteiger partial charge in [0.2, 0.25) is 29.5 Å². The van der Waals surface area contributed by atoms with E-state index in [1.54, 1.807) is 85.8 Å². The molecule has 0 saturated carbocycles. The van der Waals surface area contributed by atoms with E-state index in [0.717, 1.165) is 237 Å². The van der Waals surface area contributed by atoms with Crippen molar-refractivity contribution in [2.24, 2.45) is 21.1 Å². The molecular formula is C101H114F2N24O9. The lowest BCUT2D eigenvalue weighted by molar-refractivity contribution is -0.130. The number of methoxy groups -OCH3 is 1. The van der Waals surface area contributed by atoms with Gasteiger partial charge in [0.25, 0.3) is 0 Å². The number of anilines is 8. The predicted octanol–water partition coefficient (Wildman–Crippen LogP) is 13.0. The Morgan fingerprint density at radius 3 is 1.08 bits per heavy atom. The van der Waals surface area contributed by atoms with Crippen LogP contribution in [0.25, 0.3) is 44.5 Å². The van der Waals surface area contributed by atoms with Crippen LogP contribution < -0.4 is 24.3 Å². The number of amides is 4. The van der Waals surface area contributed by atoms with E-state index in [9.17, 15) is 24.4 Å². The van der Waals surface area contributed by atoms with Crippen LogP contribution in [0.15, 0.2) is 110 Å². The van der Waals surface area contributed by atoms with Gasteiger partial charge >= 0.3 is 0 Å². The summed E-state index contributed by atoms with van der Waals surface area (Å²) in [7, 11) is 7.19. The van der Waals surface area contributed by atoms with Crippen molar-refractivity contribution < 1.29 is 51.6 Å². The molecule has 24 rings (SSSR count). The topological polar surface area (TPSA) is 302 Å². The zero-order valence-electron chi connectivity index (χ0n) is 78.4. The molecule has 4 aromatic carbocycles. The van der Waals surface area contributed by atoms with E-state index >= 15 is 8.78 Å². The van der Waals surface area contributed by atoms with Gasteiger partial charge in [0.05, 0.1) is 127 Å². The molecule has 35 heteroatoms. The molecule has 0 unspecified atom stereocenters. The van der Waals surface area contributed by atoms with Crippen LogP contribution in [-0.4, -0.2) is 229 Å². The van der Waals surface area contributed by atoms with Gasteiger partial charge in [0, 0.05) is 272 Å². The summed E-state index contributed by atoms with van der Waals surface area (Å²) in [5.41, 5.74) is 25.5. The minimum absolute atomic E-state index is 0.0672. The number of halogens is 2. The number of ether oxygens (including phenoxy) is 5. The van der Waals surface area contributed by atoms with Crippen LogP contribution in [0, 0.1) is 23.0 Å². The van der Waals surface area contributed by atoms with Crippen molar-refractivity contribution in [3.05, 3.63) is 195 Å². The van der Waals surface area contributed by atoms with Crippen LogP contribution >= 0.6 is 0 Å². The molecule has 20 heterocycles. The molecule has 136 heavy (non-hydrogen) atoms. The smallest absolute Gasteiger partial charge is 0.219 e. The highest BCUT2D eigenvalue weighted by Crippen LogP contribution is 2.48. The monoisotopic (exact) mass is 1840 g/mol. The molecule has 4 fully saturated rings. The number of aryl methyl sites for hydroxylation is 7. The number of rotatable bonds is 13.